The second kappa shape index (κ2) is 10.1. The van der Waals surface area contributed by atoms with Crippen LogP contribution < -0.4 is 15.0 Å². The summed E-state index contributed by atoms with van der Waals surface area (Å²) in [5.41, 5.74) is 4.21. The highest BCUT2D eigenvalue weighted by Gasteiger charge is 2.18. The second-order valence-electron chi connectivity index (χ2n) is 7.03. The maximum atomic E-state index is 13.0. The Bertz CT molecular complexity index is 982. The lowest BCUT2D eigenvalue weighted by atomic mass is 10.2. The summed E-state index contributed by atoms with van der Waals surface area (Å²) in [6.07, 6.45) is 2.47. The van der Waals surface area contributed by atoms with Crippen LogP contribution in [0.15, 0.2) is 42.6 Å². The molecule has 30 heavy (non-hydrogen) atoms. The zero-order chi connectivity index (χ0) is 21.5. The van der Waals surface area contributed by atoms with Crippen molar-refractivity contribution in [2.75, 3.05) is 38.8 Å². The molecule has 3 rings (SSSR count). The lowest BCUT2D eigenvalue weighted by Gasteiger charge is -2.19. The zero-order valence-corrected chi connectivity index (χ0v) is 18.1. The van der Waals surface area contributed by atoms with Crippen molar-refractivity contribution in [3.05, 3.63) is 59.5 Å². The fourth-order valence-corrected chi connectivity index (χ4v) is 3.29. The van der Waals surface area contributed by atoms with E-state index in [1.54, 1.807) is 17.7 Å². The van der Waals surface area contributed by atoms with Crippen LogP contribution in [0.1, 0.15) is 35.6 Å². The Kier molecular flexibility index (Phi) is 7.30. The molecule has 0 saturated carbocycles. The lowest BCUT2D eigenvalue weighted by molar-refractivity contribution is 0.0944. The highest BCUT2D eigenvalue weighted by molar-refractivity contribution is 5.94. The van der Waals surface area contributed by atoms with Crippen LogP contribution >= 0.6 is 0 Å². The first-order chi connectivity index (χ1) is 14.6. The molecule has 0 aliphatic rings. The van der Waals surface area contributed by atoms with E-state index in [1.165, 1.54) is 0 Å². The third-order valence-electron chi connectivity index (χ3n) is 5.05. The molecule has 160 valence electrons. The molecular formula is C23H30N4O3. The summed E-state index contributed by atoms with van der Waals surface area (Å²) >= 11 is 0. The van der Waals surface area contributed by atoms with Gasteiger partial charge in [-0.25, -0.2) is 4.98 Å². The molecular weight excluding hydrogens is 380 g/mol. The molecule has 1 N–H and O–H groups in total. The quantitative estimate of drug-likeness (QED) is 0.520. The van der Waals surface area contributed by atoms with E-state index >= 15 is 0 Å². The first kappa shape index (κ1) is 21.6. The number of nitrogens with zero attached hydrogens (tertiary/aromatic N) is 3. The summed E-state index contributed by atoms with van der Waals surface area (Å²) in [5, 5.41) is 3.02. The summed E-state index contributed by atoms with van der Waals surface area (Å²) in [6.45, 7) is 6.70. The summed E-state index contributed by atoms with van der Waals surface area (Å²) in [7, 11) is 3.65. The standard InChI is InChI=1S/C23H30N4O3/c1-5-20-22(27-16-19(29-4)11-12-21(27)25-20)23(28)24-15-17-7-9-18(10-8-17)26(3)13-14-30-6-2/h7-12,16H,5-6,13-15H2,1-4H3,(H,24,28). The summed E-state index contributed by atoms with van der Waals surface area (Å²) < 4.78 is 12.5. The van der Waals surface area contributed by atoms with Crippen LogP contribution in [0.2, 0.25) is 0 Å². The number of amides is 1. The number of hydrogen-bond acceptors (Lipinski definition) is 5. The Morgan fingerprint density at radius 2 is 1.93 bits per heavy atom. The van der Waals surface area contributed by atoms with Gasteiger partial charge in [0.2, 0.25) is 0 Å². The number of rotatable bonds is 10. The normalized spacial score (nSPS) is 10.9. The van der Waals surface area contributed by atoms with Crippen molar-refractivity contribution in [3.8, 4) is 5.75 Å². The first-order valence-corrected chi connectivity index (χ1v) is 10.3. The van der Waals surface area contributed by atoms with E-state index in [2.05, 4.69) is 27.3 Å². The molecule has 0 aliphatic carbocycles. The van der Waals surface area contributed by atoms with Gasteiger partial charge in [0.05, 0.1) is 25.6 Å². The van der Waals surface area contributed by atoms with E-state index in [9.17, 15) is 4.79 Å². The van der Waals surface area contributed by atoms with Crippen molar-refractivity contribution < 1.29 is 14.3 Å². The van der Waals surface area contributed by atoms with E-state index in [0.717, 1.165) is 35.7 Å². The topological polar surface area (TPSA) is 68.1 Å². The Labute approximate surface area is 177 Å². The number of benzene rings is 1. The average molecular weight is 411 g/mol. The number of aryl methyl sites for hydroxylation is 1. The number of methoxy groups -OCH3 is 1. The van der Waals surface area contributed by atoms with Crippen LogP contribution in [0.5, 0.6) is 5.75 Å². The summed E-state index contributed by atoms with van der Waals surface area (Å²) in [4.78, 5) is 19.7. The molecule has 0 bridgehead atoms. The minimum absolute atomic E-state index is 0.148. The molecule has 3 aromatic rings. The highest BCUT2D eigenvalue weighted by atomic mass is 16.5. The molecule has 0 unspecified atom stereocenters. The minimum Gasteiger partial charge on any atom is -0.495 e. The molecule has 1 aromatic carbocycles. The number of anilines is 1. The van der Waals surface area contributed by atoms with Gasteiger partial charge >= 0.3 is 0 Å². The van der Waals surface area contributed by atoms with Crippen LogP contribution in [-0.2, 0) is 17.7 Å². The molecule has 7 heteroatoms. The maximum Gasteiger partial charge on any atom is 0.270 e. The number of fused-ring (bicyclic) bond motifs is 1. The Morgan fingerprint density at radius 1 is 1.17 bits per heavy atom. The second-order valence-corrected chi connectivity index (χ2v) is 7.03. The van der Waals surface area contributed by atoms with E-state index in [-0.39, 0.29) is 5.91 Å². The van der Waals surface area contributed by atoms with Crippen molar-refractivity contribution in [1.82, 2.24) is 14.7 Å². The maximum absolute atomic E-state index is 13.0. The molecule has 1 amide bonds. The number of imidazole rings is 1. The van der Waals surface area contributed by atoms with Gasteiger partial charge in [0, 0.05) is 32.4 Å². The average Bonchev–Trinajstić information content (AvgIpc) is 3.15. The molecule has 7 nitrogen and oxygen atoms in total. The molecule has 0 spiro atoms. The predicted molar refractivity (Wildman–Crippen MR) is 118 cm³/mol. The number of carbonyl (C=O) groups is 1. The molecule has 0 atom stereocenters. The number of pyridine rings is 1. The van der Waals surface area contributed by atoms with Crippen molar-refractivity contribution in [2.45, 2.75) is 26.8 Å². The van der Waals surface area contributed by atoms with Gasteiger partial charge < -0.3 is 19.7 Å². The third kappa shape index (κ3) is 4.91. The van der Waals surface area contributed by atoms with Crippen molar-refractivity contribution in [3.63, 3.8) is 0 Å². The van der Waals surface area contributed by atoms with Crippen LogP contribution in [0.3, 0.4) is 0 Å². The van der Waals surface area contributed by atoms with Crippen molar-refractivity contribution >= 4 is 17.2 Å². The first-order valence-electron chi connectivity index (χ1n) is 10.3. The van der Waals surface area contributed by atoms with E-state index in [1.807, 2.05) is 45.2 Å². The fraction of sp³-hybridized carbons (Fsp3) is 0.391. The van der Waals surface area contributed by atoms with Crippen LogP contribution in [0.4, 0.5) is 5.69 Å². The zero-order valence-electron chi connectivity index (χ0n) is 18.1. The number of hydrogen-bond donors (Lipinski definition) is 1. The molecule has 0 aliphatic heterocycles. The Morgan fingerprint density at radius 3 is 2.60 bits per heavy atom. The van der Waals surface area contributed by atoms with Crippen molar-refractivity contribution in [2.24, 2.45) is 0 Å². The van der Waals surface area contributed by atoms with E-state index in [0.29, 0.717) is 31.0 Å². The van der Waals surface area contributed by atoms with Gasteiger partial charge in [0.15, 0.2) is 0 Å². The number of ether oxygens (including phenoxy) is 2. The van der Waals surface area contributed by atoms with Crippen LogP contribution in [-0.4, -0.2) is 49.2 Å². The van der Waals surface area contributed by atoms with E-state index in [4.69, 9.17) is 9.47 Å². The molecule has 0 fully saturated rings. The monoisotopic (exact) mass is 410 g/mol. The minimum atomic E-state index is -0.148. The van der Waals surface area contributed by atoms with Gasteiger partial charge in [-0.15, -0.1) is 0 Å². The van der Waals surface area contributed by atoms with Gasteiger partial charge in [0.1, 0.15) is 17.1 Å². The van der Waals surface area contributed by atoms with Gasteiger partial charge in [-0.1, -0.05) is 19.1 Å². The number of aromatic nitrogens is 2. The van der Waals surface area contributed by atoms with Gasteiger partial charge in [-0.05, 0) is 43.2 Å². The molecule has 2 aromatic heterocycles. The lowest BCUT2D eigenvalue weighted by Crippen LogP contribution is -2.25. The molecule has 2 heterocycles. The smallest absolute Gasteiger partial charge is 0.270 e. The van der Waals surface area contributed by atoms with Crippen LogP contribution in [0, 0.1) is 0 Å². The Balaban J connectivity index is 1.68. The van der Waals surface area contributed by atoms with Gasteiger partial charge in [-0.3, -0.25) is 9.20 Å². The summed E-state index contributed by atoms with van der Waals surface area (Å²) in [5.74, 6) is 0.533. The third-order valence-corrected chi connectivity index (χ3v) is 5.05. The SMILES string of the molecule is CCOCCN(C)c1ccc(CNC(=O)c2c(CC)nc3ccc(OC)cn23)cc1. The Hall–Kier alpha value is -3.06. The number of carbonyl (C=O) groups excluding carboxylic acids is 1. The largest absolute Gasteiger partial charge is 0.495 e. The predicted octanol–water partition coefficient (Wildman–Crippen LogP) is 3.31. The molecule has 0 saturated heterocycles. The van der Waals surface area contributed by atoms with Gasteiger partial charge in [-0.2, -0.15) is 0 Å². The van der Waals surface area contributed by atoms with Crippen molar-refractivity contribution in [1.29, 1.82) is 0 Å². The van der Waals surface area contributed by atoms with E-state index < -0.39 is 0 Å². The van der Waals surface area contributed by atoms with Crippen LogP contribution in [0.25, 0.3) is 5.65 Å². The number of likely N-dealkylation sites (N-methyl/N-ethyl adjacent to an activating group) is 1. The van der Waals surface area contributed by atoms with Gasteiger partial charge in [0.25, 0.3) is 5.91 Å². The highest BCUT2D eigenvalue weighted by Crippen LogP contribution is 2.19. The molecule has 0 radical (unpaired) electrons. The number of nitrogens with one attached hydrogen (secondary N) is 1. The summed E-state index contributed by atoms with van der Waals surface area (Å²) in [6, 6.07) is 11.9. The fourth-order valence-electron chi connectivity index (χ4n) is 3.29.